The summed E-state index contributed by atoms with van der Waals surface area (Å²) in [5.74, 6) is -2.79. The Hall–Kier alpha value is -7.33. The number of imide groups is 2. The molecule has 65 heavy (non-hydrogen) atoms. The van der Waals surface area contributed by atoms with Crippen LogP contribution in [-0.2, 0) is 46.5 Å². The number of benzene rings is 3. The van der Waals surface area contributed by atoms with Crippen LogP contribution in [0.1, 0.15) is 63.2 Å². The van der Waals surface area contributed by atoms with Gasteiger partial charge in [0.1, 0.15) is 29.8 Å². The van der Waals surface area contributed by atoms with Crippen LogP contribution in [0, 0.1) is 0 Å². The third-order valence-electron chi connectivity index (χ3n) is 10.9. The number of piperidine rings is 1. The maximum absolute atomic E-state index is 13.3. The molecule has 1 atom stereocenters. The Morgan fingerprint density at radius 3 is 2.43 bits per heavy atom. The zero-order chi connectivity index (χ0) is 45.3. The predicted molar refractivity (Wildman–Crippen MR) is 231 cm³/mol. The van der Waals surface area contributed by atoms with Gasteiger partial charge in [0, 0.05) is 36.0 Å². The highest BCUT2D eigenvalue weighted by Crippen LogP contribution is 2.38. The number of carbonyl (C=O) groups excluding carboxylic acids is 5. The largest absolute Gasteiger partial charge is 0.494 e. The maximum Gasteiger partial charge on any atom is 0.264 e. The zero-order valence-corrected chi connectivity index (χ0v) is 35.1. The van der Waals surface area contributed by atoms with Crippen molar-refractivity contribution < 1.29 is 53.3 Å². The standard InChI is InChI=1S/C44H46N10O11/c55-35-15-14-34(41(57)47-35)54-42(58)30-9-5-11-32(37(30)44(54)60)45-16-19-62-21-23-64-24-22-63-20-17-52-25-27(48-51-52)26-53-33-12-4-2-8-29(33)38(43(53)59)40-39(28-7-1-3-10-31(28)46-40)50-65-18-6-13-36(56)49-61/h1-5,7-12,25,34,45,59,61H,6,13-24,26H2,(H,49,56)(H,47,55,57). The van der Waals surface area contributed by atoms with Crippen molar-refractivity contribution in [3.05, 3.63) is 101 Å². The Kier molecular flexibility index (Phi) is 13.9. The summed E-state index contributed by atoms with van der Waals surface area (Å²) < 4.78 is 20.4. The van der Waals surface area contributed by atoms with Crippen molar-refractivity contribution in [2.75, 3.05) is 58.1 Å². The van der Waals surface area contributed by atoms with Crippen molar-refractivity contribution in [2.45, 2.75) is 44.8 Å². The lowest BCUT2D eigenvalue weighted by Crippen LogP contribution is -2.54. The molecule has 1 fully saturated rings. The van der Waals surface area contributed by atoms with Crippen molar-refractivity contribution >= 4 is 63.2 Å². The van der Waals surface area contributed by atoms with Gasteiger partial charge in [-0.15, -0.1) is 5.10 Å². The van der Waals surface area contributed by atoms with Gasteiger partial charge in [-0.25, -0.2) is 15.2 Å². The predicted octanol–water partition coefficient (Wildman–Crippen LogP) is 2.69. The van der Waals surface area contributed by atoms with Gasteiger partial charge in [-0.1, -0.05) is 52.8 Å². The van der Waals surface area contributed by atoms with Crippen LogP contribution in [0.5, 0.6) is 5.88 Å². The second kappa shape index (κ2) is 20.5. The minimum atomic E-state index is -1.03. The number of nitrogens with one attached hydrogen (secondary N) is 3. The summed E-state index contributed by atoms with van der Waals surface area (Å²) >= 11 is 0. The van der Waals surface area contributed by atoms with Crippen LogP contribution in [0.25, 0.3) is 10.9 Å². The first-order valence-corrected chi connectivity index (χ1v) is 21.1. The second-order valence-electron chi connectivity index (χ2n) is 15.1. The topological polar surface area (TPSA) is 262 Å². The van der Waals surface area contributed by atoms with E-state index in [0.717, 1.165) is 21.4 Å². The Labute approximate surface area is 370 Å². The molecule has 1 saturated heterocycles. The molecule has 1 unspecified atom stereocenters. The lowest BCUT2D eigenvalue weighted by atomic mass is 10.0. The molecule has 0 radical (unpaired) electrons. The number of oxime groups is 1. The van der Waals surface area contributed by atoms with Crippen LogP contribution in [-0.4, -0.2) is 135 Å². The number of anilines is 1. The average molecular weight is 891 g/mol. The van der Waals surface area contributed by atoms with Gasteiger partial charge in [0.2, 0.25) is 23.6 Å². The first-order chi connectivity index (χ1) is 31.7. The Morgan fingerprint density at radius 1 is 0.862 bits per heavy atom. The van der Waals surface area contributed by atoms with E-state index in [-0.39, 0.29) is 49.4 Å². The van der Waals surface area contributed by atoms with E-state index in [4.69, 9.17) is 29.2 Å². The number of ether oxygens (including phenoxy) is 3. The molecule has 0 aliphatic carbocycles. The van der Waals surface area contributed by atoms with E-state index in [1.54, 1.807) is 39.1 Å². The van der Waals surface area contributed by atoms with Crippen molar-refractivity contribution in [1.29, 1.82) is 0 Å². The first-order valence-electron chi connectivity index (χ1n) is 21.1. The number of amides is 5. The fourth-order valence-electron chi connectivity index (χ4n) is 7.79. The molecule has 0 saturated carbocycles. The summed E-state index contributed by atoms with van der Waals surface area (Å²) in [4.78, 5) is 73.0. The summed E-state index contributed by atoms with van der Waals surface area (Å²) in [5.41, 5.74) is 6.57. The van der Waals surface area contributed by atoms with Crippen molar-refractivity contribution in [3.63, 3.8) is 0 Å². The summed E-state index contributed by atoms with van der Waals surface area (Å²) in [5, 5.41) is 39.6. The normalized spacial score (nSPS) is 16.3. The second-order valence-corrected chi connectivity index (χ2v) is 15.1. The van der Waals surface area contributed by atoms with E-state index in [0.29, 0.717) is 93.2 Å². The number of aromatic nitrogens is 4. The van der Waals surface area contributed by atoms with E-state index in [1.807, 2.05) is 48.5 Å². The number of nitrogens with zero attached hydrogens (tertiary/aromatic N) is 7. The smallest absolute Gasteiger partial charge is 0.264 e. The molecule has 5 amide bonds. The van der Waals surface area contributed by atoms with Crippen molar-refractivity contribution in [3.8, 4) is 5.88 Å². The molecule has 3 aromatic carbocycles. The lowest BCUT2D eigenvalue weighted by molar-refractivity contribution is -0.136. The molecule has 5 heterocycles. The molecule has 3 aliphatic rings. The van der Waals surface area contributed by atoms with Crippen molar-refractivity contribution in [2.24, 2.45) is 10.1 Å². The van der Waals surface area contributed by atoms with Crippen LogP contribution in [0.4, 0.5) is 11.4 Å². The zero-order valence-electron chi connectivity index (χ0n) is 35.1. The maximum atomic E-state index is 13.3. The van der Waals surface area contributed by atoms with Crippen LogP contribution in [0.3, 0.4) is 0 Å². The van der Waals surface area contributed by atoms with E-state index in [2.05, 4.69) is 26.1 Å². The summed E-state index contributed by atoms with van der Waals surface area (Å²) in [7, 11) is 0. The van der Waals surface area contributed by atoms with Gasteiger partial charge < -0.3 is 34.0 Å². The minimum Gasteiger partial charge on any atom is -0.494 e. The van der Waals surface area contributed by atoms with Crippen LogP contribution >= 0.6 is 0 Å². The number of aliphatic imine (C=N–C) groups is 1. The van der Waals surface area contributed by atoms with Crippen LogP contribution < -0.4 is 16.1 Å². The lowest BCUT2D eigenvalue weighted by Gasteiger charge is -2.27. The highest BCUT2D eigenvalue weighted by atomic mass is 16.6. The molecule has 338 valence electrons. The summed E-state index contributed by atoms with van der Waals surface area (Å²) in [6.45, 7) is 3.15. The Morgan fingerprint density at radius 2 is 1.62 bits per heavy atom. The number of hydroxylamine groups is 1. The first kappa shape index (κ1) is 44.3. The molecule has 8 rings (SSSR count). The number of fused-ring (bicyclic) bond motifs is 3. The third-order valence-corrected chi connectivity index (χ3v) is 10.9. The molecule has 0 bridgehead atoms. The Balaban J connectivity index is 0.757. The summed E-state index contributed by atoms with van der Waals surface area (Å²) in [6, 6.07) is 18.9. The van der Waals surface area contributed by atoms with Gasteiger partial charge in [-0.2, -0.15) is 0 Å². The number of rotatable bonds is 22. The van der Waals surface area contributed by atoms with Gasteiger partial charge in [-0.3, -0.25) is 39.4 Å². The highest BCUT2D eigenvalue weighted by Gasteiger charge is 2.45. The van der Waals surface area contributed by atoms with Gasteiger partial charge in [0.25, 0.3) is 11.8 Å². The molecule has 2 aromatic heterocycles. The van der Waals surface area contributed by atoms with E-state index >= 15 is 0 Å². The van der Waals surface area contributed by atoms with Gasteiger partial charge >= 0.3 is 0 Å². The number of aromatic hydroxyl groups is 1. The van der Waals surface area contributed by atoms with E-state index < -0.39 is 35.6 Å². The van der Waals surface area contributed by atoms with Crippen molar-refractivity contribution in [1.82, 2.24) is 35.3 Å². The SMILES string of the molecule is O=C(CCCON=C1C(c2c(O)n(Cc3cn(CCOCCOCCOCCNc4cccc5c4C(=O)N(C4CCC(=O)NC4=O)C5=O)nn3)c3ccccc23)=Nc2ccccc21)NO. The monoisotopic (exact) mass is 890 g/mol. The number of hydrogen-bond acceptors (Lipinski definition) is 16. The number of hydrogen-bond donors (Lipinski definition) is 5. The summed E-state index contributed by atoms with van der Waals surface area (Å²) in [6.07, 6.45) is 2.32. The molecule has 3 aliphatic heterocycles. The molecule has 21 heteroatoms. The minimum absolute atomic E-state index is 0.0295. The quantitative estimate of drug-likeness (QED) is 0.0290. The highest BCUT2D eigenvalue weighted by molar-refractivity contribution is 6.58. The van der Waals surface area contributed by atoms with Gasteiger partial charge in [0.05, 0.1) is 86.8 Å². The molecular weight excluding hydrogens is 845 g/mol. The average Bonchev–Trinajstić information content (AvgIpc) is 4.05. The molecule has 5 aromatic rings. The molecular formula is C44H46N10O11. The van der Waals surface area contributed by atoms with Gasteiger partial charge in [0.15, 0.2) is 0 Å². The molecule has 5 N–H and O–H groups in total. The Bertz CT molecular complexity index is 2670. The van der Waals surface area contributed by atoms with Gasteiger partial charge in [-0.05, 0) is 37.1 Å². The van der Waals surface area contributed by atoms with E-state index in [9.17, 15) is 29.1 Å². The number of para-hydroxylation sites is 2. The fourth-order valence-corrected chi connectivity index (χ4v) is 7.79. The fraction of sp³-hybridized carbons (Fsp3) is 0.341. The molecule has 21 nitrogen and oxygen atoms in total. The van der Waals surface area contributed by atoms with Crippen LogP contribution in [0.15, 0.2) is 83.1 Å². The third kappa shape index (κ3) is 9.77. The van der Waals surface area contributed by atoms with E-state index in [1.165, 1.54) is 0 Å². The van der Waals surface area contributed by atoms with Crippen LogP contribution in [0.2, 0.25) is 0 Å². The number of carbonyl (C=O) groups is 5. The molecule has 0 spiro atoms.